The number of aliphatic carboxylic acids is 1. The molecule has 104 valence electrons. The molecule has 0 aliphatic rings. The van der Waals surface area contributed by atoms with E-state index in [0.29, 0.717) is 6.42 Å². The SMILES string of the molecule is C[C@@H](NC(=O)CCCCc1ccc(I)cc1)C(=O)O. The van der Waals surface area contributed by atoms with E-state index >= 15 is 0 Å². The van der Waals surface area contributed by atoms with Gasteiger partial charge < -0.3 is 10.4 Å². The van der Waals surface area contributed by atoms with Crippen LogP contribution in [0.4, 0.5) is 0 Å². The maximum absolute atomic E-state index is 11.4. The Hall–Kier alpha value is -1.11. The van der Waals surface area contributed by atoms with Crippen molar-refractivity contribution in [2.45, 2.75) is 38.6 Å². The lowest BCUT2D eigenvalue weighted by Crippen LogP contribution is -2.38. The minimum Gasteiger partial charge on any atom is -0.480 e. The van der Waals surface area contributed by atoms with Crippen molar-refractivity contribution in [2.75, 3.05) is 0 Å². The highest BCUT2D eigenvalue weighted by Gasteiger charge is 2.13. The maximum atomic E-state index is 11.4. The van der Waals surface area contributed by atoms with E-state index in [1.165, 1.54) is 16.1 Å². The number of carbonyl (C=O) groups is 2. The van der Waals surface area contributed by atoms with Crippen LogP contribution < -0.4 is 5.32 Å². The highest BCUT2D eigenvalue weighted by atomic mass is 127. The molecule has 0 aliphatic heterocycles. The Bertz CT molecular complexity index is 431. The fraction of sp³-hybridized carbons (Fsp3) is 0.429. The van der Waals surface area contributed by atoms with E-state index < -0.39 is 12.0 Å². The molecule has 1 aromatic rings. The summed E-state index contributed by atoms with van der Waals surface area (Å²) in [6.07, 6.45) is 3.01. The Morgan fingerprint density at radius 2 is 1.89 bits per heavy atom. The summed E-state index contributed by atoms with van der Waals surface area (Å²) in [5, 5.41) is 11.1. The van der Waals surface area contributed by atoms with Crippen LogP contribution in [0.3, 0.4) is 0 Å². The van der Waals surface area contributed by atoms with Crippen LogP contribution in [-0.4, -0.2) is 23.0 Å². The van der Waals surface area contributed by atoms with Gasteiger partial charge in [-0.3, -0.25) is 9.59 Å². The standard InChI is InChI=1S/C14H18INO3/c1-10(14(18)19)16-13(17)5-3-2-4-11-6-8-12(15)9-7-11/h6-10H,2-5H2,1H3,(H,16,17)(H,18,19)/t10-/m1/s1. The number of carboxylic acid groups (broad SMARTS) is 1. The van der Waals surface area contributed by atoms with Gasteiger partial charge in [0.15, 0.2) is 0 Å². The fourth-order valence-electron chi connectivity index (χ4n) is 1.64. The summed E-state index contributed by atoms with van der Waals surface area (Å²) in [5.74, 6) is -1.20. The highest BCUT2D eigenvalue weighted by Crippen LogP contribution is 2.10. The Morgan fingerprint density at radius 1 is 1.26 bits per heavy atom. The Balaban J connectivity index is 2.18. The average Bonchev–Trinajstić information content (AvgIpc) is 2.36. The molecule has 0 saturated carbocycles. The second-order valence-electron chi connectivity index (χ2n) is 4.46. The molecule has 0 unspecified atom stereocenters. The minimum atomic E-state index is -1.01. The van der Waals surface area contributed by atoms with E-state index in [4.69, 9.17) is 5.11 Å². The van der Waals surface area contributed by atoms with E-state index in [1.807, 2.05) is 0 Å². The fourth-order valence-corrected chi connectivity index (χ4v) is 2.00. The van der Waals surface area contributed by atoms with Crippen LogP contribution in [0.2, 0.25) is 0 Å². The molecule has 2 N–H and O–H groups in total. The maximum Gasteiger partial charge on any atom is 0.325 e. The van der Waals surface area contributed by atoms with Gasteiger partial charge in [-0.05, 0) is 66.5 Å². The number of rotatable bonds is 7. The molecule has 5 heteroatoms. The summed E-state index contributed by atoms with van der Waals surface area (Å²) >= 11 is 2.27. The first-order valence-corrected chi connectivity index (χ1v) is 7.33. The zero-order valence-electron chi connectivity index (χ0n) is 10.9. The molecule has 1 amide bonds. The summed E-state index contributed by atoms with van der Waals surface area (Å²) in [7, 11) is 0. The molecule has 0 aliphatic carbocycles. The summed E-state index contributed by atoms with van der Waals surface area (Å²) in [6.45, 7) is 1.46. The molecule has 0 radical (unpaired) electrons. The van der Waals surface area contributed by atoms with Gasteiger partial charge in [0, 0.05) is 9.99 Å². The molecule has 0 saturated heterocycles. The normalized spacial score (nSPS) is 11.9. The van der Waals surface area contributed by atoms with Crippen molar-refractivity contribution < 1.29 is 14.7 Å². The van der Waals surface area contributed by atoms with Crippen LogP contribution in [0.25, 0.3) is 0 Å². The van der Waals surface area contributed by atoms with Gasteiger partial charge in [-0.2, -0.15) is 0 Å². The van der Waals surface area contributed by atoms with Crippen molar-refractivity contribution in [3.63, 3.8) is 0 Å². The van der Waals surface area contributed by atoms with Gasteiger partial charge in [0.2, 0.25) is 5.91 Å². The van der Waals surface area contributed by atoms with E-state index in [9.17, 15) is 9.59 Å². The summed E-state index contributed by atoms with van der Waals surface area (Å²) in [4.78, 5) is 22.0. The molecule has 0 fully saturated rings. The van der Waals surface area contributed by atoms with Crippen LogP contribution in [0, 0.1) is 3.57 Å². The third-order valence-corrected chi connectivity index (χ3v) is 3.50. The number of carbonyl (C=O) groups excluding carboxylic acids is 1. The molecular weight excluding hydrogens is 357 g/mol. The third-order valence-electron chi connectivity index (χ3n) is 2.78. The first-order chi connectivity index (χ1) is 8.99. The van der Waals surface area contributed by atoms with Crippen molar-refractivity contribution in [3.8, 4) is 0 Å². The zero-order chi connectivity index (χ0) is 14.3. The molecular formula is C14H18INO3. The number of unbranched alkanes of at least 4 members (excludes halogenated alkanes) is 1. The Labute approximate surface area is 126 Å². The summed E-state index contributed by atoms with van der Waals surface area (Å²) in [5.41, 5.74) is 1.26. The van der Waals surface area contributed by atoms with E-state index in [0.717, 1.165) is 19.3 Å². The van der Waals surface area contributed by atoms with Crippen LogP contribution in [-0.2, 0) is 16.0 Å². The first-order valence-electron chi connectivity index (χ1n) is 6.25. The predicted octanol–water partition coefficient (Wildman–Crippen LogP) is 2.59. The molecule has 19 heavy (non-hydrogen) atoms. The number of hydrogen-bond donors (Lipinski definition) is 2. The second kappa shape index (κ2) is 8.14. The topological polar surface area (TPSA) is 66.4 Å². The number of aryl methyl sites for hydroxylation is 1. The number of amides is 1. The summed E-state index contributed by atoms with van der Waals surface area (Å²) in [6, 6.07) is 7.50. The van der Waals surface area contributed by atoms with Gasteiger partial charge >= 0.3 is 5.97 Å². The van der Waals surface area contributed by atoms with Crippen LogP contribution >= 0.6 is 22.6 Å². The minimum absolute atomic E-state index is 0.197. The van der Waals surface area contributed by atoms with Crippen LogP contribution in [0.1, 0.15) is 31.7 Å². The van der Waals surface area contributed by atoms with Gasteiger partial charge in [0.25, 0.3) is 0 Å². The smallest absolute Gasteiger partial charge is 0.325 e. The lowest BCUT2D eigenvalue weighted by Gasteiger charge is -2.08. The van der Waals surface area contributed by atoms with Crippen LogP contribution in [0.5, 0.6) is 0 Å². The second-order valence-corrected chi connectivity index (χ2v) is 5.71. The van der Waals surface area contributed by atoms with E-state index in [-0.39, 0.29) is 5.91 Å². The van der Waals surface area contributed by atoms with Gasteiger partial charge in [0.1, 0.15) is 6.04 Å². The van der Waals surface area contributed by atoms with Crippen molar-refractivity contribution in [1.29, 1.82) is 0 Å². The van der Waals surface area contributed by atoms with Crippen molar-refractivity contribution >= 4 is 34.5 Å². The van der Waals surface area contributed by atoms with Crippen LogP contribution in [0.15, 0.2) is 24.3 Å². The first kappa shape index (κ1) is 15.9. The van der Waals surface area contributed by atoms with E-state index in [1.54, 1.807) is 0 Å². The zero-order valence-corrected chi connectivity index (χ0v) is 13.0. The number of carboxylic acids is 1. The molecule has 4 nitrogen and oxygen atoms in total. The lowest BCUT2D eigenvalue weighted by atomic mass is 10.1. The molecule has 0 spiro atoms. The number of halogens is 1. The van der Waals surface area contributed by atoms with Gasteiger partial charge in [0.05, 0.1) is 0 Å². The molecule has 1 aromatic carbocycles. The molecule has 0 bridgehead atoms. The number of benzene rings is 1. The number of nitrogens with one attached hydrogen (secondary N) is 1. The van der Waals surface area contributed by atoms with Gasteiger partial charge in [-0.25, -0.2) is 0 Å². The Kier molecular flexibility index (Phi) is 6.83. The Morgan fingerprint density at radius 3 is 2.47 bits per heavy atom. The largest absolute Gasteiger partial charge is 0.480 e. The van der Waals surface area contributed by atoms with E-state index in [2.05, 4.69) is 52.2 Å². The van der Waals surface area contributed by atoms with Crippen molar-refractivity contribution in [1.82, 2.24) is 5.32 Å². The highest BCUT2D eigenvalue weighted by molar-refractivity contribution is 14.1. The predicted molar refractivity (Wildman–Crippen MR) is 82.0 cm³/mol. The number of hydrogen-bond acceptors (Lipinski definition) is 2. The van der Waals surface area contributed by atoms with Crippen molar-refractivity contribution in [2.24, 2.45) is 0 Å². The molecule has 0 aromatic heterocycles. The van der Waals surface area contributed by atoms with Gasteiger partial charge in [-0.1, -0.05) is 12.1 Å². The molecule has 1 atom stereocenters. The monoisotopic (exact) mass is 375 g/mol. The summed E-state index contributed by atoms with van der Waals surface area (Å²) < 4.78 is 1.21. The lowest BCUT2D eigenvalue weighted by molar-refractivity contribution is -0.141. The molecule has 0 heterocycles. The van der Waals surface area contributed by atoms with Crippen molar-refractivity contribution in [3.05, 3.63) is 33.4 Å². The third kappa shape index (κ3) is 6.56. The van der Waals surface area contributed by atoms with Gasteiger partial charge in [-0.15, -0.1) is 0 Å². The quantitative estimate of drug-likeness (QED) is 0.569. The average molecular weight is 375 g/mol. The molecule has 1 rings (SSSR count).